The fraction of sp³-hybridized carbons (Fsp3) is 0.211. The van der Waals surface area contributed by atoms with E-state index in [1.165, 1.54) is 13.1 Å². The Balaban J connectivity index is 1.48. The monoisotopic (exact) mass is 400 g/mol. The fourth-order valence-corrected chi connectivity index (χ4v) is 2.46. The molecule has 3 rings (SSSR count). The van der Waals surface area contributed by atoms with E-state index in [9.17, 15) is 9.59 Å². The van der Waals surface area contributed by atoms with E-state index in [0.29, 0.717) is 17.4 Å². The molecule has 0 aliphatic heterocycles. The summed E-state index contributed by atoms with van der Waals surface area (Å²) in [7, 11) is 0. The molecule has 0 unspecified atom stereocenters. The van der Waals surface area contributed by atoms with E-state index in [1.807, 2.05) is 30.3 Å². The lowest BCUT2D eigenvalue weighted by Crippen LogP contribution is -2.30. The summed E-state index contributed by atoms with van der Waals surface area (Å²) in [6.07, 6.45) is 0.719. The van der Waals surface area contributed by atoms with Crippen LogP contribution in [0.2, 0.25) is 5.15 Å². The molecule has 144 valence electrons. The van der Waals surface area contributed by atoms with Crippen molar-refractivity contribution in [3.8, 4) is 11.4 Å². The normalized spacial score (nSPS) is 11.6. The van der Waals surface area contributed by atoms with Gasteiger partial charge in [-0.1, -0.05) is 47.1 Å². The summed E-state index contributed by atoms with van der Waals surface area (Å²) in [5.74, 6) is -0.299. The number of halogens is 1. The number of nitrogens with zero attached hydrogens (tertiary/aromatic N) is 3. The minimum Gasteiger partial charge on any atom is -0.453 e. The quantitative estimate of drug-likeness (QED) is 0.479. The van der Waals surface area contributed by atoms with E-state index in [0.717, 1.165) is 5.56 Å². The third kappa shape index (κ3) is 5.14. The van der Waals surface area contributed by atoms with Crippen LogP contribution in [0.3, 0.4) is 0 Å². The first kappa shape index (κ1) is 19.5. The summed E-state index contributed by atoms with van der Waals surface area (Å²) in [5.41, 5.74) is 1.16. The zero-order valence-electron chi connectivity index (χ0n) is 15.0. The number of benzene rings is 1. The second kappa shape index (κ2) is 9.09. The Morgan fingerprint density at radius 1 is 1.21 bits per heavy atom. The molecule has 28 heavy (non-hydrogen) atoms. The van der Waals surface area contributed by atoms with E-state index in [1.54, 1.807) is 12.1 Å². The topological polar surface area (TPSA) is 107 Å². The highest BCUT2D eigenvalue weighted by molar-refractivity contribution is 6.32. The first-order valence-corrected chi connectivity index (χ1v) is 8.89. The Kier molecular flexibility index (Phi) is 6.33. The second-order valence-corrected chi connectivity index (χ2v) is 6.20. The number of nitrogens with one attached hydrogen (secondary N) is 1. The van der Waals surface area contributed by atoms with Gasteiger partial charge in [0.05, 0.1) is 12.1 Å². The number of amides is 1. The van der Waals surface area contributed by atoms with Gasteiger partial charge in [-0.05, 0) is 19.1 Å². The molecule has 0 bridgehead atoms. The van der Waals surface area contributed by atoms with Crippen molar-refractivity contribution in [2.24, 2.45) is 0 Å². The number of pyridine rings is 1. The van der Waals surface area contributed by atoms with Gasteiger partial charge < -0.3 is 14.6 Å². The maximum Gasteiger partial charge on any atom is 0.307 e. The first-order chi connectivity index (χ1) is 13.5. The molecule has 0 saturated carbocycles. The van der Waals surface area contributed by atoms with Gasteiger partial charge in [0.15, 0.2) is 11.3 Å². The number of esters is 1. The maximum absolute atomic E-state index is 12.1. The second-order valence-electron chi connectivity index (χ2n) is 5.84. The Morgan fingerprint density at radius 3 is 2.75 bits per heavy atom. The number of hydrogen-bond donors (Lipinski definition) is 1. The molecule has 8 nitrogen and oxygen atoms in total. The molecule has 1 N–H and O–H groups in total. The van der Waals surface area contributed by atoms with Crippen LogP contribution in [0, 0.1) is 0 Å². The van der Waals surface area contributed by atoms with Gasteiger partial charge in [-0.3, -0.25) is 9.59 Å². The number of carbonyl (C=O) groups excluding carboxylic acids is 2. The zero-order chi connectivity index (χ0) is 19.9. The predicted molar refractivity (Wildman–Crippen MR) is 101 cm³/mol. The largest absolute Gasteiger partial charge is 0.453 e. The number of hydrogen-bond acceptors (Lipinski definition) is 7. The van der Waals surface area contributed by atoms with Crippen LogP contribution in [-0.2, 0) is 20.7 Å². The van der Waals surface area contributed by atoms with Gasteiger partial charge in [0.1, 0.15) is 0 Å². The van der Waals surface area contributed by atoms with Crippen LogP contribution < -0.4 is 5.32 Å². The molecule has 1 amide bonds. The summed E-state index contributed by atoms with van der Waals surface area (Å²) in [6, 6.07) is 12.6. The molecule has 2 heterocycles. The fourth-order valence-electron chi connectivity index (χ4n) is 2.29. The SMILES string of the molecule is C[C@@H](OC(=O)CCc1nc(-c2ccccc2)no1)C(=O)Nc1cccnc1Cl. The van der Waals surface area contributed by atoms with Crippen LogP contribution in [-0.4, -0.2) is 33.1 Å². The summed E-state index contributed by atoms with van der Waals surface area (Å²) in [5, 5.41) is 6.60. The van der Waals surface area contributed by atoms with Gasteiger partial charge in [0, 0.05) is 18.2 Å². The summed E-state index contributed by atoms with van der Waals surface area (Å²) in [6.45, 7) is 1.47. The smallest absolute Gasteiger partial charge is 0.307 e. The van der Waals surface area contributed by atoms with E-state index >= 15 is 0 Å². The van der Waals surface area contributed by atoms with Crippen LogP contribution in [0.1, 0.15) is 19.2 Å². The Bertz CT molecular complexity index is 961. The molecule has 0 fully saturated rings. The molecule has 0 spiro atoms. The van der Waals surface area contributed by atoms with Crippen LogP contribution in [0.15, 0.2) is 53.2 Å². The third-order valence-electron chi connectivity index (χ3n) is 3.74. The molecule has 1 atom stereocenters. The molecule has 2 aromatic heterocycles. The minimum absolute atomic E-state index is 0.00168. The highest BCUT2D eigenvalue weighted by atomic mass is 35.5. The van der Waals surface area contributed by atoms with Crippen molar-refractivity contribution in [1.82, 2.24) is 15.1 Å². The molecule has 0 saturated heterocycles. The van der Waals surface area contributed by atoms with Crippen molar-refractivity contribution in [2.75, 3.05) is 5.32 Å². The molecule has 0 aliphatic carbocycles. The number of rotatable bonds is 7. The number of aromatic nitrogens is 3. The number of ether oxygens (including phenoxy) is 1. The van der Waals surface area contributed by atoms with E-state index in [4.69, 9.17) is 20.9 Å². The molecule has 9 heteroatoms. The van der Waals surface area contributed by atoms with Gasteiger partial charge in [0.2, 0.25) is 11.7 Å². The number of carbonyl (C=O) groups is 2. The van der Waals surface area contributed by atoms with Crippen molar-refractivity contribution < 1.29 is 18.8 Å². The highest BCUT2D eigenvalue weighted by Crippen LogP contribution is 2.18. The van der Waals surface area contributed by atoms with Gasteiger partial charge in [0.25, 0.3) is 5.91 Å². The van der Waals surface area contributed by atoms with Crippen molar-refractivity contribution in [3.05, 3.63) is 59.7 Å². The lowest BCUT2D eigenvalue weighted by Gasteiger charge is -2.13. The van der Waals surface area contributed by atoms with Crippen molar-refractivity contribution >= 4 is 29.2 Å². The highest BCUT2D eigenvalue weighted by Gasteiger charge is 2.19. The Labute approximate surface area is 165 Å². The Morgan fingerprint density at radius 2 is 2.00 bits per heavy atom. The van der Waals surface area contributed by atoms with Crippen LogP contribution in [0.4, 0.5) is 5.69 Å². The lowest BCUT2D eigenvalue weighted by atomic mass is 10.2. The predicted octanol–water partition coefficient (Wildman–Crippen LogP) is 3.29. The standard InChI is InChI=1S/C19H17ClN4O4/c1-12(19(26)22-14-8-5-11-21-17(14)20)27-16(25)10-9-15-23-18(24-28-15)13-6-3-2-4-7-13/h2-8,11-12H,9-10H2,1H3,(H,22,26)/t12-/m1/s1. The number of anilines is 1. The van der Waals surface area contributed by atoms with E-state index in [-0.39, 0.29) is 18.0 Å². The third-order valence-corrected chi connectivity index (χ3v) is 4.04. The van der Waals surface area contributed by atoms with Gasteiger partial charge >= 0.3 is 5.97 Å². The molecule has 1 aromatic carbocycles. The van der Waals surface area contributed by atoms with Gasteiger partial charge in [-0.15, -0.1) is 0 Å². The summed E-state index contributed by atoms with van der Waals surface area (Å²) in [4.78, 5) is 32.2. The average Bonchev–Trinajstić information content (AvgIpc) is 3.18. The number of aryl methyl sites for hydroxylation is 1. The molecular weight excluding hydrogens is 384 g/mol. The van der Waals surface area contributed by atoms with Crippen molar-refractivity contribution in [2.45, 2.75) is 25.9 Å². The molecular formula is C19H17ClN4O4. The van der Waals surface area contributed by atoms with E-state index < -0.39 is 18.0 Å². The van der Waals surface area contributed by atoms with Crippen LogP contribution >= 0.6 is 11.6 Å². The minimum atomic E-state index is -0.994. The lowest BCUT2D eigenvalue weighted by molar-refractivity contribution is -0.153. The molecule has 0 radical (unpaired) electrons. The van der Waals surface area contributed by atoms with E-state index in [2.05, 4.69) is 20.4 Å². The van der Waals surface area contributed by atoms with Crippen LogP contribution in [0.25, 0.3) is 11.4 Å². The van der Waals surface area contributed by atoms with Crippen molar-refractivity contribution in [1.29, 1.82) is 0 Å². The van der Waals surface area contributed by atoms with Crippen molar-refractivity contribution in [3.63, 3.8) is 0 Å². The summed E-state index contributed by atoms with van der Waals surface area (Å²) < 4.78 is 10.3. The van der Waals surface area contributed by atoms with Gasteiger partial charge in [-0.25, -0.2) is 4.98 Å². The maximum atomic E-state index is 12.1. The molecule has 0 aliphatic rings. The Hall–Kier alpha value is -3.26. The first-order valence-electron chi connectivity index (χ1n) is 8.52. The zero-order valence-corrected chi connectivity index (χ0v) is 15.7. The van der Waals surface area contributed by atoms with Crippen LogP contribution in [0.5, 0.6) is 0 Å². The molecule has 3 aromatic rings. The summed E-state index contributed by atoms with van der Waals surface area (Å²) >= 11 is 5.89. The average molecular weight is 401 g/mol. The van der Waals surface area contributed by atoms with Gasteiger partial charge in [-0.2, -0.15) is 4.98 Å².